The Balaban J connectivity index is 1.16. The Morgan fingerprint density at radius 2 is 1.61 bits per heavy atom. The van der Waals surface area contributed by atoms with Crippen LogP contribution in [-0.4, -0.2) is 65.2 Å². The Bertz CT molecular complexity index is 1600. The normalized spacial score (nSPS) is 21.3. The maximum Gasteiger partial charge on any atom is 0.321 e. The number of rotatable bonds is 5. The molecule has 44 heavy (non-hydrogen) atoms. The number of hydrazone groups is 1. The van der Waals surface area contributed by atoms with Crippen LogP contribution in [0.2, 0.25) is 15.1 Å². The Labute approximate surface area is 273 Å². The molecule has 3 aromatic rings. The Morgan fingerprint density at radius 3 is 2.30 bits per heavy atom. The van der Waals surface area contributed by atoms with E-state index in [1.54, 1.807) is 16.0 Å². The Hall–Kier alpha value is -3.36. The minimum Gasteiger partial charge on any atom is -0.322 e. The van der Waals surface area contributed by atoms with Crippen molar-refractivity contribution >= 4 is 64.2 Å². The van der Waals surface area contributed by atoms with E-state index >= 15 is 0 Å². The summed E-state index contributed by atoms with van der Waals surface area (Å²) in [5.74, 6) is 0.0492. The van der Waals surface area contributed by atoms with E-state index in [-0.39, 0.29) is 30.4 Å². The van der Waals surface area contributed by atoms with Crippen LogP contribution in [0.4, 0.5) is 10.5 Å². The zero-order valence-corrected chi connectivity index (χ0v) is 26.7. The fourth-order valence-electron chi connectivity index (χ4n) is 6.21. The summed E-state index contributed by atoms with van der Waals surface area (Å²) >= 11 is 18.6. The monoisotopic (exact) mass is 649 g/mol. The van der Waals surface area contributed by atoms with Crippen molar-refractivity contribution in [3.05, 3.63) is 104 Å². The molecule has 3 aliphatic rings. The van der Waals surface area contributed by atoms with Gasteiger partial charge in [-0.3, -0.25) is 9.69 Å². The minimum atomic E-state index is -0.197. The molecule has 10 heteroatoms. The van der Waals surface area contributed by atoms with E-state index < -0.39 is 0 Å². The predicted octanol–water partition coefficient (Wildman–Crippen LogP) is 7.93. The van der Waals surface area contributed by atoms with Crippen molar-refractivity contribution < 1.29 is 9.59 Å². The van der Waals surface area contributed by atoms with Crippen LogP contribution in [0, 0.1) is 12.8 Å². The summed E-state index contributed by atoms with van der Waals surface area (Å²) in [6.07, 6.45) is 5.05. The first-order valence-electron chi connectivity index (χ1n) is 14.9. The molecule has 0 spiro atoms. The summed E-state index contributed by atoms with van der Waals surface area (Å²) in [4.78, 5) is 30.7. The number of amides is 3. The molecule has 1 saturated carbocycles. The molecule has 2 fully saturated rings. The smallest absolute Gasteiger partial charge is 0.321 e. The van der Waals surface area contributed by atoms with Gasteiger partial charge in [0.05, 0.1) is 18.3 Å². The number of carbonyl (C=O) groups excluding carboxylic acids is 2. The number of hydrogen-bond donors (Lipinski definition) is 1. The van der Waals surface area contributed by atoms with E-state index in [0.717, 1.165) is 47.2 Å². The molecule has 2 heterocycles. The maximum absolute atomic E-state index is 13.9. The number of anilines is 1. The van der Waals surface area contributed by atoms with Gasteiger partial charge in [-0.2, -0.15) is 5.10 Å². The van der Waals surface area contributed by atoms with Gasteiger partial charge in [-0.15, -0.1) is 0 Å². The predicted molar refractivity (Wildman–Crippen MR) is 178 cm³/mol. The van der Waals surface area contributed by atoms with Gasteiger partial charge in [0.2, 0.25) is 0 Å². The molecule has 1 saturated heterocycles. The molecule has 0 bridgehead atoms. The van der Waals surface area contributed by atoms with Crippen LogP contribution >= 0.6 is 34.8 Å². The lowest BCUT2D eigenvalue weighted by molar-refractivity contribution is -0.135. The van der Waals surface area contributed by atoms with Crippen molar-refractivity contribution in [1.29, 1.82) is 0 Å². The molecule has 7 nitrogen and oxygen atoms in total. The number of aryl methyl sites for hydroxylation is 1. The highest BCUT2D eigenvalue weighted by Crippen LogP contribution is 2.44. The third kappa shape index (κ3) is 6.81. The molecule has 228 valence electrons. The van der Waals surface area contributed by atoms with Crippen LogP contribution in [0.3, 0.4) is 0 Å². The fourth-order valence-corrected chi connectivity index (χ4v) is 6.64. The molecule has 0 radical (unpaired) electrons. The van der Waals surface area contributed by atoms with Gasteiger partial charge in [0.1, 0.15) is 0 Å². The van der Waals surface area contributed by atoms with E-state index in [1.165, 1.54) is 0 Å². The van der Waals surface area contributed by atoms with Crippen LogP contribution in [-0.2, 0) is 4.79 Å². The number of piperazine rings is 1. The van der Waals surface area contributed by atoms with E-state index in [2.05, 4.69) is 16.3 Å². The molecule has 2 aliphatic heterocycles. The summed E-state index contributed by atoms with van der Waals surface area (Å²) in [5, 5.41) is 11.6. The highest BCUT2D eigenvalue weighted by molar-refractivity contribution is 6.31. The minimum absolute atomic E-state index is 0.0510. The second kappa shape index (κ2) is 13.3. The lowest BCUT2D eigenvalue weighted by Gasteiger charge is -2.35. The van der Waals surface area contributed by atoms with Crippen molar-refractivity contribution in [2.45, 2.75) is 32.2 Å². The number of nitrogens with zero attached hydrogens (tertiary/aromatic N) is 4. The molecule has 1 N–H and O–H groups in total. The first-order valence-corrected chi connectivity index (χ1v) is 16.1. The van der Waals surface area contributed by atoms with Gasteiger partial charge in [0, 0.05) is 52.9 Å². The number of halogens is 3. The van der Waals surface area contributed by atoms with Crippen LogP contribution in [0.5, 0.6) is 0 Å². The van der Waals surface area contributed by atoms with Crippen molar-refractivity contribution in [2.75, 3.05) is 38.0 Å². The van der Waals surface area contributed by atoms with E-state index in [4.69, 9.17) is 39.9 Å². The molecule has 2 atom stereocenters. The van der Waals surface area contributed by atoms with Crippen molar-refractivity contribution in [2.24, 2.45) is 11.0 Å². The molecule has 3 amide bonds. The summed E-state index contributed by atoms with van der Waals surface area (Å²) in [6, 6.07) is 20.6. The first kappa shape index (κ1) is 30.7. The molecule has 0 aromatic heterocycles. The van der Waals surface area contributed by atoms with Gasteiger partial charge < -0.3 is 10.2 Å². The number of benzene rings is 3. The Kier molecular flexibility index (Phi) is 9.29. The summed E-state index contributed by atoms with van der Waals surface area (Å²) in [6.45, 7) is 4.37. The lowest BCUT2D eigenvalue weighted by atomic mass is 9.77. The quantitative estimate of drug-likeness (QED) is 0.305. The summed E-state index contributed by atoms with van der Waals surface area (Å²) in [7, 11) is 0. The van der Waals surface area contributed by atoms with Gasteiger partial charge in [-0.25, -0.2) is 9.80 Å². The largest absolute Gasteiger partial charge is 0.322 e. The van der Waals surface area contributed by atoms with E-state index in [9.17, 15) is 9.59 Å². The number of allylic oxidation sites excluding steroid dienone is 1. The Morgan fingerprint density at radius 1 is 0.932 bits per heavy atom. The molecule has 6 rings (SSSR count). The number of carbonyl (C=O) groups is 2. The van der Waals surface area contributed by atoms with Crippen LogP contribution in [0.1, 0.15) is 42.0 Å². The fraction of sp³-hybridized carbons (Fsp3) is 0.324. The average molecular weight is 651 g/mol. The topological polar surface area (TPSA) is 68.2 Å². The highest BCUT2D eigenvalue weighted by Gasteiger charge is 2.44. The standard InChI is InChI=1S/C34H34Cl3N5O2/c1-22-5-14-28(20-30(22)37)38-34(44)41-17-15-40(16-18-41)21-31(43)42-33(24-8-12-27(36)13-9-24)29-4-2-3-25(32(29)39-42)19-23-6-10-26(35)11-7-23/h5-14,19-20,29,33H,2-4,15-18,21H2,1H3,(H,38,44)/b25-19-. The van der Waals surface area contributed by atoms with Gasteiger partial charge in [0.15, 0.2) is 0 Å². The number of hydrogen-bond acceptors (Lipinski definition) is 4. The molecule has 3 aromatic carbocycles. The second-order valence-corrected chi connectivity index (χ2v) is 12.9. The highest BCUT2D eigenvalue weighted by atomic mass is 35.5. The SMILES string of the molecule is Cc1ccc(NC(=O)N2CCN(CC(=O)N3N=C4/C(=C\c5ccc(Cl)cc5)CCCC4C3c3ccc(Cl)cc3)CC2)cc1Cl. The second-order valence-electron chi connectivity index (χ2n) is 11.6. The van der Waals surface area contributed by atoms with E-state index in [0.29, 0.717) is 46.9 Å². The average Bonchev–Trinajstić information content (AvgIpc) is 3.42. The van der Waals surface area contributed by atoms with E-state index in [1.807, 2.05) is 67.6 Å². The van der Waals surface area contributed by atoms with Gasteiger partial charge >= 0.3 is 6.03 Å². The van der Waals surface area contributed by atoms with Crippen LogP contribution in [0.15, 0.2) is 77.4 Å². The molecular formula is C34H34Cl3N5O2. The van der Waals surface area contributed by atoms with Crippen LogP contribution in [0.25, 0.3) is 6.08 Å². The summed E-state index contributed by atoms with van der Waals surface area (Å²) in [5.41, 5.74) is 5.85. The molecule has 1 aliphatic carbocycles. The zero-order chi connectivity index (χ0) is 30.8. The molecule has 2 unspecified atom stereocenters. The third-order valence-corrected chi connectivity index (χ3v) is 9.53. The van der Waals surface area contributed by atoms with Crippen molar-refractivity contribution in [3.8, 4) is 0 Å². The number of urea groups is 1. The third-order valence-electron chi connectivity index (χ3n) is 8.62. The lowest BCUT2D eigenvalue weighted by Crippen LogP contribution is -2.52. The summed E-state index contributed by atoms with van der Waals surface area (Å²) < 4.78 is 0. The first-order chi connectivity index (χ1) is 21.2. The van der Waals surface area contributed by atoms with Crippen molar-refractivity contribution in [1.82, 2.24) is 14.8 Å². The number of nitrogens with one attached hydrogen (secondary N) is 1. The molecular weight excluding hydrogens is 617 g/mol. The maximum atomic E-state index is 13.9. The zero-order valence-electron chi connectivity index (χ0n) is 24.5. The number of fused-ring (bicyclic) bond motifs is 1. The van der Waals surface area contributed by atoms with Crippen molar-refractivity contribution in [3.63, 3.8) is 0 Å². The van der Waals surface area contributed by atoms with Gasteiger partial charge in [-0.1, -0.05) is 65.1 Å². The van der Waals surface area contributed by atoms with Crippen LogP contribution < -0.4 is 5.32 Å². The van der Waals surface area contributed by atoms with Gasteiger partial charge in [-0.05, 0) is 90.9 Å². The van der Waals surface area contributed by atoms with Gasteiger partial charge in [0.25, 0.3) is 5.91 Å².